The van der Waals surface area contributed by atoms with Crippen molar-refractivity contribution < 1.29 is 5.11 Å². The lowest BCUT2D eigenvalue weighted by Crippen LogP contribution is -2.13. The molecule has 0 bridgehead atoms. The number of rotatable bonds is 7. The first kappa shape index (κ1) is 22.7. The predicted molar refractivity (Wildman–Crippen MR) is 122 cm³/mol. The minimum atomic E-state index is -0.412. The Labute approximate surface area is 173 Å². The van der Waals surface area contributed by atoms with Gasteiger partial charge in [-0.15, -0.1) is 0 Å². The normalized spacial score (nSPS) is 14.4. The van der Waals surface area contributed by atoms with Crippen LogP contribution in [-0.4, -0.2) is 5.11 Å². The molecule has 2 aromatic rings. The van der Waals surface area contributed by atoms with Crippen LogP contribution in [0.1, 0.15) is 113 Å². The Bertz CT molecular complexity index is 751. The first-order valence-electron chi connectivity index (χ1n) is 11.0. The molecule has 0 fully saturated rings. The van der Waals surface area contributed by atoms with Crippen LogP contribution in [0.3, 0.4) is 0 Å². The van der Waals surface area contributed by atoms with E-state index in [4.69, 9.17) is 0 Å². The maximum atomic E-state index is 10.1. The molecular weight excluding hydrogens is 340 g/mol. The molecule has 28 heavy (non-hydrogen) atoms. The Hall–Kier alpha value is -1.60. The number of aliphatic hydroxyl groups excluding tert-OH is 1. The summed E-state index contributed by atoms with van der Waals surface area (Å²) in [6.45, 7) is 17.8. The van der Waals surface area contributed by atoms with Gasteiger partial charge in [0.2, 0.25) is 0 Å². The van der Waals surface area contributed by atoms with Gasteiger partial charge in [0.05, 0.1) is 6.10 Å². The molecule has 0 aromatic heterocycles. The van der Waals surface area contributed by atoms with Crippen molar-refractivity contribution in [3.8, 4) is 0 Å². The Morgan fingerprint density at radius 3 is 1.93 bits per heavy atom. The molecule has 0 spiro atoms. The third-order valence-electron chi connectivity index (χ3n) is 5.91. The quantitative estimate of drug-likeness (QED) is 0.528. The second kappa shape index (κ2) is 9.27. The van der Waals surface area contributed by atoms with Gasteiger partial charge in [0.15, 0.2) is 0 Å². The Balaban J connectivity index is 2.23. The molecule has 0 heterocycles. The van der Waals surface area contributed by atoms with Crippen molar-refractivity contribution in [2.75, 3.05) is 0 Å². The minimum absolute atomic E-state index is 0.178. The Kier molecular flexibility index (Phi) is 7.51. The lowest BCUT2D eigenvalue weighted by molar-refractivity contribution is 0.199. The van der Waals surface area contributed by atoms with E-state index in [-0.39, 0.29) is 5.41 Å². The van der Waals surface area contributed by atoms with Crippen LogP contribution in [0.25, 0.3) is 0 Å². The lowest BCUT2D eigenvalue weighted by atomic mass is 9.82. The fourth-order valence-corrected chi connectivity index (χ4v) is 3.65. The number of aryl methyl sites for hydroxylation is 2. The fraction of sp³-hybridized carbons (Fsp3) is 0.556. The van der Waals surface area contributed by atoms with Crippen molar-refractivity contribution in [2.45, 2.75) is 98.0 Å². The molecule has 154 valence electrons. The largest absolute Gasteiger partial charge is 0.389 e. The van der Waals surface area contributed by atoms with E-state index >= 15 is 0 Å². The number of hydrogen-bond acceptors (Lipinski definition) is 1. The molecule has 0 aliphatic rings. The molecule has 0 aliphatic carbocycles. The first-order chi connectivity index (χ1) is 13.0. The summed E-state index contributed by atoms with van der Waals surface area (Å²) in [4.78, 5) is 0. The highest BCUT2D eigenvalue weighted by molar-refractivity contribution is 5.37. The van der Waals surface area contributed by atoms with Crippen LogP contribution in [0.4, 0.5) is 0 Å². The second-order valence-electron chi connectivity index (χ2n) is 9.85. The number of aliphatic hydroxyl groups is 1. The van der Waals surface area contributed by atoms with Gasteiger partial charge >= 0.3 is 0 Å². The lowest BCUT2D eigenvalue weighted by Gasteiger charge is -2.23. The molecular formula is C27H40O. The van der Waals surface area contributed by atoms with E-state index in [1.54, 1.807) is 0 Å². The summed E-state index contributed by atoms with van der Waals surface area (Å²) in [5.41, 5.74) is 8.22. The van der Waals surface area contributed by atoms with E-state index in [0.717, 1.165) is 24.8 Å². The molecule has 0 aliphatic heterocycles. The molecule has 1 N–H and O–H groups in total. The van der Waals surface area contributed by atoms with Gasteiger partial charge in [-0.3, -0.25) is 0 Å². The summed E-state index contributed by atoms with van der Waals surface area (Å²) in [6.07, 6.45) is 2.84. The van der Waals surface area contributed by atoms with Crippen LogP contribution >= 0.6 is 0 Å². The SMILES string of the molecule is CCc1cc(C(C)CCc2cc(C(C)C)cc(C(C)O)c2)cc(C(C)(C)C)c1. The van der Waals surface area contributed by atoms with E-state index in [1.165, 1.54) is 27.8 Å². The van der Waals surface area contributed by atoms with Gasteiger partial charge in [0.1, 0.15) is 0 Å². The molecule has 2 unspecified atom stereocenters. The van der Waals surface area contributed by atoms with E-state index < -0.39 is 6.10 Å². The smallest absolute Gasteiger partial charge is 0.0762 e. The molecule has 0 amide bonds. The molecule has 1 heteroatoms. The van der Waals surface area contributed by atoms with Gasteiger partial charge in [-0.05, 0) is 76.8 Å². The van der Waals surface area contributed by atoms with Crippen molar-refractivity contribution in [1.82, 2.24) is 0 Å². The second-order valence-corrected chi connectivity index (χ2v) is 9.85. The summed E-state index contributed by atoms with van der Waals surface area (Å²) in [6, 6.07) is 13.8. The van der Waals surface area contributed by atoms with Gasteiger partial charge in [0, 0.05) is 0 Å². The van der Waals surface area contributed by atoms with Crippen LogP contribution in [0.2, 0.25) is 0 Å². The van der Waals surface area contributed by atoms with E-state index in [1.807, 2.05) is 6.92 Å². The topological polar surface area (TPSA) is 20.2 Å². The van der Waals surface area contributed by atoms with Gasteiger partial charge in [0.25, 0.3) is 0 Å². The van der Waals surface area contributed by atoms with Crippen molar-refractivity contribution >= 4 is 0 Å². The van der Waals surface area contributed by atoms with Crippen molar-refractivity contribution in [1.29, 1.82) is 0 Å². The zero-order chi connectivity index (χ0) is 21.1. The number of hydrogen-bond donors (Lipinski definition) is 1. The predicted octanol–water partition coefficient (Wildman–Crippen LogP) is 7.46. The van der Waals surface area contributed by atoms with Gasteiger partial charge in [-0.2, -0.15) is 0 Å². The van der Waals surface area contributed by atoms with Crippen molar-refractivity contribution in [2.24, 2.45) is 0 Å². The van der Waals surface area contributed by atoms with E-state index in [9.17, 15) is 5.11 Å². The standard InChI is InChI=1S/C27H40O/c1-9-21-12-24(17-26(15-21)27(6,7)8)19(4)10-11-22-13-23(18(2)3)16-25(14-22)20(5)28/h12-20,28H,9-11H2,1-8H3. The molecule has 2 aromatic carbocycles. The summed E-state index contributed by atoms with van der Waals surface area (Å²) in [5, 5.41) is 10.1. The summed E-state index contributed by atoms with van der Waals surface area (Å²) in [5.74, 6) is 0.996. The maximum absolute atomic E-state index is 10.1. The van der Waals surface area contributed by atoms with Crippen LogP contribution in [0, 0.1) is 0 Å². The highest BCUT2D eigenvalue weighted by atomic mass is 16.3. The van der Waals surface area contributed by atoms with Gasteiger partial charge in [-0.1, -0.05) is 84.9 Å². The van der Waals surface area contributed by atoms with Crippen LogP contribution in [0.5, 0.6) is 0 Å². The molecule has 0 saturated heterocycles. The Morgan fingerprint density at radius 2 is 1.39 bits per heavy atom. The van der Waals surface area contributed by atoms with Crippen LogP contribution in [-0.2, 0) is 18.3 Å². The minimum Gasteiger partial charge on any atom is -0.389 e. The highest BCUT2D eigenvalue weighted by Crippen LogP contribution is 2.30. The third kappa shape index (κ3) is 5.95. The fourth-order valence-electron chi connectivity index (χ4n) is 3.65. The average molecular weight is 381 g/mol. The van der Waals surface area contributed by atoms with E-state index in [2.05, 4.69) is 84.9 Å². The first-order valence-corrected chi connectivity index (χ1v) is 11.0. The molecule has 0 saturated carbocycles. The highest BCUT2D eigenvalue weighted by Gasteiger charge is 2.17. The zero-order valence-electron chi connectivity index (χ0n) is 19.3. The Morgan fingerprint density at radius 1 is 0.786 bits per heavy atom. The van der Waals surface area contributed by atoms with Gasteiger partial charge in [-0.25, -0.2) is 0 Å². The molecule has 1 nitrogen and oxygen atoms in total. The molecule has 0 radical (unpaired) electrons. The summed E-state index contributed by atoms with van der Waals surface area (Å²) in [7, 11) is 0. The molecule has 2 atom stereocenters. The average Bonchev–Trinajstić information content (AvgIpc) is 2.64. The maximum Gasteiger partial charge on any atom is 0.0762 e. The summed E-state index contributed by atoms with van der Waals surface area (Å²) < 4.78 is 0. The number of benzene rings is 2. The monoisotopic (exact) mass is 380 g/mol. The van der Waals surface area contributed by atoms with Crippen LogP contribution < -0.4 is 0 Å². The van der Waals surface area contributed by atoms with E-state index in [0.29, 0.717) is 11.8 Å². The van der Waals surface area contributed by atoms with Crippen molar-refractivity contribution in [3.63, 3.8) is 0 Å². The zero-order valence-corrected chi connectivity index (χ0v) is 19.3. The van der Waals surface area contributed by atoms with Crippen LogP contribution in [0.15, 0.2) is 36.4 Å². The summed E-state index contributed by atoms with van der Waals surface area (Å²) >= 11 is 0. The molecule has 2 rings (SSSR count). The van der Waals surface area contributed by atoms with Crippen molar-refractivity contribution in [3.05, 3.63) is 69.8 Å². The van der Waals surface area contributed by atoms with Gasteiger partial charge < -0.3 is 5.11 Å². The third-order valence-corrected chi connectivity index (χ3v) is 5.91.